The Kier molecular flexibility index (Phi) is 4.66. The highest BCUT2D eigenvalue weighted by Gasteiger charge is 2.18. The standard InChI is InChI=1S/C21H14BrNO4S/c22-15-9-5-13(6-10-15)19-20(24)17-3-1-2-4-18(17)27-21(19)14-7-11-16(12-8-14)28(23,25)26/h1-12H,(H2,23,25,26). The second-order valence-electron chi connectivity index (χ2n) is 6.21. The van der Waals surface area contributed by atoms with Gasteiger partial charge in [0.15, 0.2) is 0 Å². The van der Waals surface area contributed by atoms with Crippen LogP contribution in [0.3, 0.4) is 0 Å². The van der Waals surface area contributed by atoms with Gasteiger partial charge in [-0.3, -0.25) is 4.79 Å². The lowest BCUT2D eigenvalue weighted by atomic mass is 9.98. The Morgan fingerprint density at radius 2 is 1.43 bits per heavy atom. The highest BCUT2D eigenvalue weighted by atomic mass is 79.9. The van der Waals surface area contributed by atoms with E-state index in [1.165, 1.54) is 12.1 Å². The number of nitrogens with two attached hydrogens (primary N) is 1. The van der Waals surface area contributed by atoms with Crippen LogP contribution < -0.4 is 10.6 Å². The van der Waals surface area contributed by atoms with Crippen molar-refractivity contribution in [2.75, 3.05) is 0 Å². The van der Waals surface area contributed by atoms with Crippen molar-refractivity contribution in [1.29, 1.82) is 0 Å². The molecule has 0 aliphatic carbocycles. The van der Waals surface area contributed by atoms with E-state index in [2.05, 4.69) is 15.9 Å². The molecule has 3 aromatic carbocycles. The third kappa shape index (κ3) is 3.40. The number of halogens is 1. The van der Waals surface area contributed by atoms with E-state index in [9.17, 15) is 13.2 Å². The maximum absolute atomic E-state index is 13.2. The van der Waals surface area contributed by atoms with Gasteiger partial charge < -0.3 is 4.42 Å². The number of para-hydroxylation sites is 1. The summed E-state index contributed by atoms with van der Waals surface area (Å²) in [5.74, 6) is 0.368. The molecular formula is C21H14BrNO4S. The first-order valence-corrected chi connectivity index (χ1v) is 10.6. The fourth-order valence-electron chi connectivity index (χ4n) is 3.02. The summed E-state index contributed by atoms with van der Waals surface area (Å²) in [5.41, 5.74) is 1.99. The average molecular weight is 456 g/mol. The van der Waals surface area contributed by atoms with Crippen molar-refractivity contribution in [2.45, 2.75) is 4.90 Å². The molecule has 140 valence electrons. The van der Waals surface area contributed by atoms with E-state index < -0.39 is 10.0 Å². The number of sulfonamides is 1. The Morgan fingerprint density at radius 1 is 0.821 bits per heavy atom. The lowest BCUT2D eigenvalue weighted by Gasteiger charge is -2.11. The number of hydrogen-bond acceptors (Lipinski definition) is 4. The van der Waals surface area contributed by atoms with Gasteiger partial charge in [0.05, 0.1) is 15.8 Å². The molecule has 1 heterocycles. The van der Waals surface area contributed by atoms with Gasteiger partial charge in [-0.1, -0.05) is 40.2 Å². The van der Waals surface area contributed by atoms with Crippen molar-refractivity contribution in [3.05, 3.63) is 87.5 Å². The van der Waals surface area contributed by atoms with Gasteiger partial charge in [-0.2, -0.15) is 0 Å². The maximum Gasteiger partial charge on any atom is 0.238 e. The zero-order chi connectivity index (χ0) is 19.9. The smallest absolute Gasteiger partial charge is 0.238 e. The topological polar surface area (TPSA) is 90.4 Å². The summed E-state index contributed by atoms with van der Waals surface area (Å²) in [6, 6.07) is 20.3. The Hall–Kier alpha value is -2.74. The molecule has 5 nitrogen and oxygen atoms in total. The molecule has 4 aromatic rings. The molecule has 0 amide bonds. The third-order valence-corrected chi connectivity index (χ3v) is 5.83. The summed E-state index contributed by atoms with van der Waals surface area (Å²) in [6.07, 6.45) is 0. The van der Waals surface area contributed by atoms with Crippen LogP contribution >= 0.6 is 15.9 Å². The van der Waals surface area contributed by atoms with E-state index in [1.54, 1.807) is 36.4 Å². The van der Waals surface area contributed by atoms with Crippen molar-refractivity contribution >= 4 is 36.9 Å². The monoisotopic (exact) mass is 455 g/mol. The summed E-state index contributed by atoms with van der Waals surface area (Å²) in [4.78, 5) is 13.2. The molecular weight excluding hydrogens is 442 g/mol. The van der Waals surface area contributed by atoms with Crippen LogP contribution in [0.4, 0.5) is 0 Å². The van der Waals surface area contributed by atoms with E-state index in [-0.39, 0.29) is 10.3 Å². The molecule has 0 unspecified atom stereocenters. The minimum absolute atomic E-state index is 0.00965. The number of primary sulfonamides is 1. The molecule has 0 bridgehead atoms. The fraction of sp³-hybridized carbons (Fsp3) is 0. The molecule has 0 aliphatic rings. The van der Waals surface area contributed by atoms with Gasteiger partial charge in [-0.05, 0) is 54.1 Å². The minimum Gasteiger partial charge on any atom is -0.455 e. The maximum atomic E-state index is 13.2. The number of hydrogen-bond donors (Lipinski definition) is 1. The van der Waals surface area contributed by atoms with Crippen LogP contribution in [0.1, 0.15) is 0 Å². The molecule has 0 saturated carbocycles. The molecule has 2 N–H and O–H groups in total. The Balaban J connectivity index is 2.03. The summed E-state index contributed by atoms with van der Waals surface area (Å²) in [7, 11) is -3.81. The van der Waals surface area contributed by atoms with Crippen LogP contribution in [-0.2, 0) is 10.0 Å². The molecule has 0 saturated heterocycles. The summed E-state index contributed by atoms with van der Waals surface area (Å²) in [5, 5.41) is 5.65. The molecule has 0 spiro atoms. The van der Waals surface area contributed by atoms with Crippen molar-refractivity contribution in [3.63, 3.8) is 0 Å². The third-order valence-electron chi connectivity index (χ3n) is 4.38. The lowest BCUT2D eigenvalue weighted by molar-refractivity contribution is 0.597. The normalized spacial score (nSPS) is 11.6. The highest BCUT2D eigenvalue weighted by molar-refractivity contribution is 9.10. The highest BCUT2D eigenvalue weighted by Crippen LogP contribution is 2.33. The van der Waals surface area contributed by atoms with E-state index in [1.807, 2.05) is 24.3 Å². The van der Waals surface area contributed by atoms with Gasteiger partial charge in [0, 0.05) is 10.0 Å². The van der Waals surface area contributed by atoms with Crippen LogP contribution in [0.2, 0.25) is 0 Å². The summed E-state index contributed by atoms with van der Waals surface area (Å²) in [6.45, 7) is 0. The zero-order valence-corrected chi connectivity index (χ0v) is 16.8. The molecule has 4 rings (SSSR count). The zero-order valence-electron chi connectivity index (χ0n) is 14.4. The first-order chi connectivity index (χ1) is 13.3. The SMILES string of the molecule is NS(=O)(=O)c1ccc(-c2oc3ccccc3c(=O)c2-c2ccc(Br)cc2)cc1. The number of benzene rings is 3. The Morgan fingerprint density at radius 3 is 2.07 bits per heavy atom. The molecule has 0 radical (unpaired) electrons. The predicted octanol–water partition coefficient (Wildman–Crippen LogP) is 4.54. The predicted molar refractivity (Wildman–Crippen MR) is 112 cm³/mol. The van der Waals surface area contributed by atoms with E-state index in [0.717, 1.165) is 4.47 Å². The second-order valence-corrected chi connectivity index (χ2v) is 8.68. The number of rotatable bonds is 3. The summed E-state index contributed by atoms with van der Waals surface area (Å²) >= 11 is 3.40. The molecule has 0 aliphatic heterocycles. The van der Waals surface area contributed by atoms with Gasteiger partial charge >= 0.3 is 0 Å². The van der Waals surface area contributed by atoms with Gasteiger partial charge in [0.1, 0.15) is 11.3 Å². The quantitative estimate of drug-likeness (QED) is 0.490. The van der Waals surface area contributed by atoms with Gasteiger partial charge in [0.2, 0.25) is 15.5 Å². The van der Waals surface area contributed by atoms with Crippen molar-refractivity contribution in [3.8, 4) is 22.5 Å². The van der Waals surface area contributed by atoms with Gasteiger partial charge in [-0.15, -0.1) is 0 Å². The van der Waals surface area contributed by atoms with Crippen molar-refractivity contribution in [1.82, 2.24) is 0 Å². The molecule has 28 heavy (non-hydrogen) atoms. The second kappa shape index (κ2) is 7.01. The van der Waals surface area contributed by atoms with Crippen LogP contribution in [0.15, 0.2) is 91.4 Å². The molecule has 7 heteroatoms. The van der Waals surface area contributed by atoms with Crippen molar-refractivity contribution in [2.24, 2.45) is 5.14 Å². The minimum atomic E-state index is -3.81. The lowest BCUT2D eigenvalue weighted by Crippen LogP contribution is -2.12. The van der Waals surface area contributed by atoms with Crippen LogP contribution in [0, 0.1) is 0 Å². The van der Waals surface area contributed by atoms with Gasteiger partial charge in [0.25, 0.3) is 0 Å². The first kappa shape index (κ1) is 18.6. The molecule has 1 aromatic heterocycles. The molecule has 0 fully saturated rings. The van der Waals surface area contributed by atoms with Crippen LogP contribution in [-0.4, -0.2) is 8.42 Å². The van der Waals surface area contributed by atoms with Gasteiger partial charge in [-0.25, -0.2) is 13.6 Å². The Labute approximate surface area is 169 Å². The van der Waals surface area contributed by atoms with Crippen LogP contribution in [0.25, 0.3) is 33.4 Å². The van der Waals surface area contributed by atoms with Crippen molar-refractivity contribution < 1.29 is 12.8 Å². The molecule has 0 atom stereocenters. The fourth-order valence-corrected chi connectivity index (χ4v) is 3.80. The van der Waals surface area contributed by atoms with E-state index in [0.29, 0.717) is 33.4 Å². The summed E-state index contributed by atoms with van der Waals surface area (Å²) < 4.78 is 30.0. The van der Waals surface area contributed by atoms with Crippen LogP contribution in [0.5, 0.6) is 0 Å². The average Bonchev–Trinajstić information content (AvgIpc) is 2.68. The largest absolute Gasteiger partial charge is 0.455 e. The number of fused-ring (bicyclic) bond motifs is 1. The first-order valence-electron chi connectivity index (χ1n) is 8.29. The van der Waals surface area contributed by atoms with E-state index in [4.69, 9.17) is 9.56 Å². The van der Waals surface area contributed by atoms with E-state index >= 15 is 0 Å². The Bertz CT molecular complexity index is 1340.